The number of fused-ring (bicyclic) bond motifs is 1. The van der Waals surface area contributed by atoms with Crippen molar-refractivity contribution in [3.8, 4) is 11.3 Å². The largest absolute Gasteiger partial charge is 0.360 e. The fourth-order valence-electron chi connectivity index (χ4n) is 2.25. The van der Waals surface area contributed by atoms with Crippen LogP contribution in [-0.4, -0.2) is 5.16 Å². The molecule has 0 bridgehead atoms. The van der Waals surface area contributed by atoms with E-state index in [0.29, 0.717) is 0 Å². The average Bonchev–Trinajstić information content (AvgIpc) is 2.74. The summed E-state index contributed by atoms with van der Waals surface area (Å²) in [6, 6.07) is 8.17. The molecule has 1 aromatic heterocycles. The van der Waals surface area contributed by atoms with E-state index < -0.39 is 0 Å². The Morgan fingerprint density at radius 2 is 1.94 bits per heavy atom. The van der Waals surface area contributed by atoms with Gasteiger partial charge in [-0.2, -0.15) is 0 Å². The lowest BCUT2D eigenvalue weighted by Crippen LogP contribution is -2.00. The van der Waals surface area contributed by atoms with Crippen molar-refractivity contribution in [2.75, 3.05) is 0 Å². The highest BCUT2D eigenvalue weighted by Crippen LogP contribution is 2.34. The summed E-state index contributed by atoms with van der Waals surface area (Å²) in [7, 11) is 0. The first-order chi connectivity index (χ1) is 7.86. The Bertz CT molecular complexity index is 518. The molecule has 0 aliphatic heterocycles. The van der Waals surface area contributed by atoms with E-state index in [1.54, 1.807) is 0 Å². The Hall–Kier alpha value is -1.09. The molecule has 0 N–H and O–H groups in total. The van der Waals surface area contributed by atoms with Gasteiger partial charge in [0.15, 0.2) is 0 Å². The Labute approximate surface area is 103 Å². The predicted molar refractivity (Wildman–Crippen MR) is 66.3 cm³/mol. The molecule has 16 heavy (non-hydrogen) atoms. The molecule has 0 fully saturated rings. The number of aromatic nitrogens is 1. The van der Waals surface area contributed by atoms with Crippen molar-refractivity contribution in [3.63, 3.8) is 0 Å². The van der Waals surface area contributed by atoms with Crippen LogP contribution in [0.4, 0.5) is 0 Å². The number of benzene rings is 1. The minimum absolute atomic E-state index is 1.02. The van der Waals surface area contributed by atoms with E-state index in [1.165, 1.54) is 18.4 Å². The van der Waals surface area contributed by atoms with Crippen LogP contribution in [0.1, 0.15) is 24.2 Å². The normalized spacial score (nSPS) is 14.8. The quantitative estimate of drug-likeness (QED) is 0.788. The van der Waals surface area contributed by atoms with Gasteiger partial charge in [-0.05, 0) is 25.3 Å². The molecule has 0 radical (unpaired) electrons. The van der Waals surface area contributed by atoms with Crippen LogP contribution in [-0.2, 0) is 12.8 Å². The fourth-order valence-corrected chi connectivity index (χ4v) is 2.72. The van der Waals surface area contributed by atoms with Gasteiger partial charge < -0.3 is 4.52 Å². The number of hydrogen-bond donors (Lipinski definition) is 0. The van der Waals surface area contributed by atoms with E-state index in [1.807, 2.05) is 18.2 Å². The van der Waals surface area contributed by atoms with Crippen molar-refractivity contribution in [1.82, 2.24) is 5.16 Å². The van der Waals surface area contributed by atoms with Gasteiger partial charge in [-0.15, -0.1) is 0 Å². The minimum atomic E-state index is 1.02. The van der Waals surface area contributed by atoms with Gasteiger partial charge in [-0.1, -0.05) is 39.3 Å². The first-order valence-corrected chi connectivity index (χ1v) is 6.38. The number of rotatable bonds is 1. The summed E-state index contributed by atoms with van der Waals surface area (Å²) in [6.07, 6.45) is 4.59. The molecule has 82 valence electrons. The molecule has 0 saturated heterocycles. The Kier molecular flexibility index (Phi) is 2.56. The lowest BCUT2D eigenvalue weighted by molar-refractivity contribution is 0.374. The second-order valence-corrected chi connectivity index (χ2v) is 4.97. The van der Waals surface area contributed by atoms with Crippen molar-refractivity contribution in [2.45, 2.75) is 25.7 Å². The molecule has 3 rings (SSSR count). The van der Waals surface area contributed by atoms with E-state index in [9.17, 15) is 0 Å². The molecule has 1 aliphatic carbocycles. The van der Waals surface area contributed by atoms with Crippen LogP contribution in [0, 0.1) is 0 Å². The number of nitrogens with zero attached hydrogens (tertiary/aromatic N) is 1. The Morgan fingerprint density at radius 3 is 2.81 bits per heavy atom. The van der Waals surface area contributed by atoms with Crippen LogP contribution in [0.25, 0.3) is 11.3 Å². The molecule has 2 aromatic rings. The lowest BCUT2D eigenvalue weighted by Gasteiger charge is -2.09. The minimum Gasteiger partial charge on any atom is -0.360 e. The highest BCUT2D eigenvalue weighted by Gasteiger charge is 2.21. The molecule has 0 unspecified atom stereocenters. The molecule has 1 aliphatic rings. The SMILES string of the molecule is Brc1ccccc1-c1noc2c1CCCC2. The maximum absolute atomic E-state index is 5.43. The summed E-state index contributed by atoms with van der Waals surface area (Å²) in [6.45, 7) is 0. The summed E-state index contributed by atoms with van der Waals surface area (Å²) in [5.41, 5.74) is 3.45. The topological polar surface area (TPSA) is 26.0 Å². The molecule has 3 heteroatoms. The maximum Gasteiger partial charge on any atom is 0.140 e. The van der Waals surface area contributed by atoms with E-state index >= 15 is 0 Å². The van der Waals surface area contributed by atoms with Gasteiger partial charge in [-0.3, -0.25) is 0 Å². The lowest BCUT2D eigenvalue weighted by atomic mass is 9.94. The van der Waals surface area contributed by atoms with Crippen LogP contribution >= 0.6 is 15.9 Å². The van der Waals surface area contributed by atoms with Crippen molar-refractivity contribution in [3.05, 3.63) is 40.1 Å². The van der Waals surface area contributed by atoms with Gasteiger partial charge >= 0.3 is 0 Å². The van der Waals surface area contributed by atoms with Gasteiger partial charge in [0.05, 0.1) is 0 Å². The van der Waals surface area contributed by atoms with Gasteiger partial charge in [0.25, 0.3) is 0 Å². The maximum atomic E-state index is 5.43. The zero-order chi connectivity index (χ0) is 11.0. The molecule has 1 heterocycles. The third-order valence-corrected chi connectivity index (χ3v) is 3.77. The van der Waals surface area contributed by atoms with Crippen molar-refractivity contribution in [1.29, 1.82) is 0 Å². The molecule has 0 saturated carbocycles. The second-order valence-electron chi connectivity index (χ2n) is 4.12. The molecule has 0 spiro atoms. The van der Waals surface area contributed by atoms with Crippen LogP contribution < -0.4 is 0 Å². The number of aryl methyl sites for hydroxylation is 1. The molecular weight excluding hydrogens is 266 g/mol. The second kappa shape index (κ2) is 4.06. The Balaban J connectivity index is 2.13. The molecule has 2 nitrogen and oxygen atoms in total. The third-order valence-electron chi connectivity index (χ3n) is 3.08. The Morgan fingerprint density at radius 1 is 1.12 bits per heavy atom. The third kappa shape index (κ3) is 1.59. The molecular formula is C13H12BrNO. The van der Waals surface area contributed by atoms with Gasteiger partial charge in [0, 0.05) is 22.0 Å². The summed E-state index contributed by atoms with van der Waals surface area (Å²) in [4.78, 5) is 0. The fraction of sp³-hybridized carbons (Fsp3) is 0.308. The smallest absolute Gasteiger partial charge is 0.140 e. The highest BCUT2D eigenvalue weighted by atomic mass is 79.9. The van der Waals surface area contributed by atoms with E-state index in [2.05, 4.69) is 27.2 Å². The van der Waals surface area contributed by atoms with Gasteiger partial charge in [0.1, 0.15) is 11.5 Å². The van der Waals surface area contributed by atoms with Crippen molar-refractivity contribution in [2.24, 2.45) is 0 Å². The summed E-state index contributed by atoms with van der Waals surface area (Å²) < 4.78 is 6.51. The zero-order valence-electron chi connectivity index (χ0n) is 8.87. The van der Waals surface area contributed by atoms with Crippen LogP contribution in [0.2, 0.25) is 0 Å². The van der Waals surface area contributed by atoms with Crippen molar-refractivity contribution < 1.29 is 4.52 Å². The zero-order valence-corrected chi connectivity index (χ0v) is 10.5. The summed E-state index contributed by atoms with van der Waals surface area (Å²) in [5, 5.41) is 4.22. The van der Waals surface area contributed by atoms with Gasteiger partial charge in [-0.25, -0.2) is 0 Å². The van der Waals surface area contributed by atoms with Crippen LogP contribution in [0.3, 0.4) is 0 Å². The predicted octanol–water partition coefficient (Wildman–Crippen LogP) is 3.98. The molecule has 0 amide bonds. The van der Waals surface area contributed by atoms with E-state index in [-0.39, 0.29) is 0 Å². The van der Waals surface area contributed by atoms with E-state index in [4.69, 9.17) is 4.52 Å². The first-order valence-electron chi connectivity index (χ1n) is 5.58. The number of hydrogen-bond acceptors (Lipinski definition) is 2. The van der Waals surface area contributed by atoms with Crippen molar-refractivity contribution >= 4 is 15.9 Å². The van der Waals surface area contributed by atoms with Gasteiger partial charge in [0.2, 0.25) is 0 Å². The monoisotopic (exact) mass is 277 g/mol. The van der Waals surface area contributed by atoms with E-state index in [0.717, 1.165) is 34.3 Å². The van der Waals surface area contributed by atoms with Crippen LogP contribution in [0.5, 0.6) is 0 Å². The standard InChI is InChI=1S/C13H12BrNO/c14-11-7-3-1-5-9(11)13-10-6-2-4-8-12(10)16-15-13/h1,3,5,7H,2,4,6,8H2. The molecule has 1 aromatic carbocycles. The molecule has 0 atom stereocenters. The van der Waals surface area contributed by atoms with Crippen LogP contribution in [0.15, 0.2) is 33.3 Å². The summed E-state index contributed by atoms with van der Waals surface area (Å²) in [5.74, 6) is 1.08. The first kappa shape index (κ1) is 10.1. The summed E-state index contributed by atoms with van der Waals surface area (Å²) >= 11 is 3.56. The highest BCUT2D eigenvalue weighted by molar-refractivity contribution is 9.10. The number of halogens is 1. The average molecular weight is 278 g/mol.